The van der Waals surface area contributed by atoms with Gasteiger partial charge in [-0.3, -0.25) is 14.5 Å². The van der Waals surface area contributed by atoms with Gasteiger partial charge >= 0.3 is 0 Å². The fraction of sp³-hybridized carbons (Fsp3) is 0.571. The molecule has 2 amide bonds. The summed E-state index contributed by atoms with van der Waals surface area (Å²) in [5.41, 5.74) is 0. The molecule has 0 aliphatic carbocycles. The molecule has 0 saturated carbocycles. The lowest BCUT2D eigenvalue weighted by atomic mass is 10.0. The number of aliphatic hydroxyl groups is 1. The number of hydrogen-bond acceptors (Lipinski definition) is 5. The monoisotopic (exact) mass is 309 g/mol. The molecule has 2 fully saturated rings. The van der Waals surface area contributed by atoms with E-state index in [1.807, 2.05) is 0 Å². The number of thiophene rings is 1. The van der Waals surface area contributed by atoms with Crippen molar-refractivity contribution in [1.29, 1.82) is 0 Å². The van der Waals surface area contributed by atoms with Gasteiger partial charge in [0.2, 0.25) is 11.8 Å². The van der Waals surface area contributed by atoms with Crippen LogP contribution in [0, 0.1) is 6.92 Å². The van der Waals surface area contributed by atoms with Gasteiger partial charge in [-0.2, -0.15) is 0 Å². The summed E-state index contributed by atoms with van der Waals surface area (Å²) in [5, 5.41) is 11.7. The predicted molar refractivity (Wildman–Crippen MR) is 78.9 cm³/mol. The van der Waals surface area contributed by atoms with Gasteiger partial charge in [-0.25, -0.2) is 0 Å². The van der Waals surface area contributed by atoms with Gasteiger partial charge in [0, 0.05) is 35.9 Å². The highest BCUT2D eigenvalue weighted by molar-refractivity contribution is 7.11. The number of carbonyl (C=O) groups excluding carboxylic acids is 2. The second kappa shape index (κ2) is 5.75. The summed E-state index contributed by atoms with van der Waals surface area (Å²) in [6.45, 7) is 4.39. The van der Waals surface area contributed by atoms with Crippen molar-refractivity contribution in [3.63, 3.8) is 0 Å². The van der Waals surface area contributed by atoms with E-state index in [2.05, 4.69) is 29.3 Å². The molecule has 6 nitrogen and oxygen atoms in total. The minimum Gasteiger partial charge on any atom is -0.394 e. The number of amides is 2. The summed E-state index contributed by atoms with van der Waals surface area (Å²) < 4.78 is 0. The third-order valence-corrected chi connectivity index (χ3v) is 5.01. The number of aryl methyl sites for hydroxylation is 1. The molecular formula is C14H19N3O3S. The van der Waals surface area contributed by atoms with Crippen LogP contribution in [-0.2, 0) is 16.1 Å². The van der Waals surface area contributed by atoms with Crippen molar-refractivity contribution in [2.45, 2.75) is 25.6 Å². The zero-order chi connectivity index (χ0) is 15.0. The third-order valence-electron chi connectivity index (χ3n) is 4.02. The largest absolute Gasteiger partial charge is 0.394 e. The molecule has 0 aromatic carbocycles. The first-order chi connectivity index (χ1) is 10.1. The molecule has 2 atom stereocenters. The first kappa shape index (κ1) is 14.5. The van der Waals surface area contributed by atoms with E-state index in [0.29, 0.717) is 13.1 Å². The fourth-order valence-corrected chi connectivity index (χ4v) is 3.85. The van der Waals surface area contributed by atoms with Crippen LogP contribution >= 0.6 is 11.3 Å². The van der Waals surface area contributed by atoms with Crippen molar-refractivity contribution >= 4 is 23.2 Å². The maximum Gasteiger partial charge on any atom is 0.248 e. The van der Waals surface area contributed by atoms with Crippen molar-refractivity contribution in [3.8, 4) is 0 Å². The maximum absolute atomic E-state index is 12.1. The molecule has 2 saturated heterocycles. The number of nitrogens with zero attached hydrogens (tertiary/aromatic N) is 2. The second-order valence-electron chi connectivity index (χ2n) is 5.54. The van der Waals surface area contributed by atoms with E-state index >= 15 is 0 Å². The molecule has 3 heterocycles. The van der Waals surface area contributed by atoms with Crippen molar-refractivity contribution in [3.05, 3.63) is 21.9 Å². The maximum atomic E-state index is 12.1. The number of nitrogens with one attached hydrogen (secondary N) is 1. The van der Waals surface area contributed by atoms with Crippen molar-refractivity contribution < 1.29 is 14.7 Å². The Morgan fingerprint density at radius 3 is 2.86 bits per heavy atom. The highest BCUT2D eigenvalue weighted by atomic mass is 32.1. The van der Waals surface area contributed by atoms with Crippen LogP contribution in [-0.4, -0.2) is 65.0 Å². The minimum atomic E-state index is -0.778. The van der Waals surface area contributed by atoms with Crippen LogP contribution < -0.4 is 5.32 Å². The number of carbonyl (C=O) groups is 2. The number of rotatable bonds is 3. The zero-order valence-corrected chi connectivity index (χ0v) is 12.7. The molecule has 114 valence electrons. The van der Waals surface area contributed by atoms with E-state index in [-0.39, 0.29) is 18.4 Å². The quantitative estimate of drug-likeness (QED) is 0.794. The van der Waals surface area contributed by atoms with E-state index in [4.69, 9.17) is 5.11 Å². The smallest absolute Gasteiger partial charge is 0.248 e. The molecule has 2 N–H and O–H groups in total. The van der Waals surface area contributed by atoms with Gasteiger partial charge in [-0.15, -0.1) is 11.3 Å². The van der Waals surface area contributed by atoms with E-state index in [1.165, 1.54) is 9.75 Å². The standard InChI is InChI=1S/C14H19N3O3S/c1-9-2-3-10(21-9)6-16-4-5-17-12(7-16)13(19)15-11(8-18)14(17)20/h2-3,11-12,18H,4-8H2,1H3,(H,15,19)/t11-,12-/m1/s1. The Kier molecular flexibility index (Phi) is 3.97. The molecule has 3 rings (SSSR count). The average molecular weight is 309 g/mol. The molecule has 1 aromatic heterocycles. The Morgan fingerprint density at radius 2 is 2.19 bits per heavy atom. The van der Waals surface area contributed by atoms with Gasteiger partial charge in [0.05, 0.1) is 6.61 Å². The van der Waals surface area contributed by atoms with Crippen LogP contribution in [0.4, 0.5) is 0 Å². The SMILES string of the molecule is Cc1ccc(CN2CCN3C(=O)[C@@H](CO)NC(=O)[C@H]3C2)s1. The van der Waals surface area contributed by atoms with Gasteiger partial charge in [-0.05, 0) is 19.1 Å². The summed E-state index contributed by atoms with van der Waals surface area (Å²) in [6, 6.07) is 2.99. The summed E-state index contributed by atoms with van der Waals surface area (Å²) in [7, 11) is 0. The van der Waals surface area contributed by atoms with Gasteiger partial charge in [0.25, 0.3) is 0 Å². The zero-order valence-electron chi connectivity index (χ0n) is 11.9. The number of hydrogen-bond donors (Lipinski definition) is 2. The van der Waals surface area contributed by atoms with Crippen molar-refractivity contribution in [2.24, 2.45) is 0 Å². The predicted octanol–water partition coefficient (Wildman–Crippen LogP) is -0.440. The molecule has 0 spiro atoms. The average Bonchev–Trinajstić information content (AvgIpc) is 2.88. The Morgan fingerprint density at radius 1 is 1.38 bits per heavy atom. The lowest BCUT2D eigenvalue weighted by molar-refractivity contribution is -0.154. The van der Waals surface area contributed by atoms with E-state index in [9.17, 15) is 9.59 Å². The number of piperazine rings is 2. The van der Waals surface area contributed by atoms with E-state index in [0.717, 1.165) is 13.1 Å². The molecule has 1 aromatic rings. The lowest BCUT2D eigenvalue weighted by Gasteiger charge is -2.44. The van der Waals surface area contributed by atoms with Gasteiger partial charge in [-0.1, -0.05) is 0 Å². The first-order valence-electron chi connectivity index (χ1n) is 7.08. The molecule has 0 unspecified atom stereocenters. The Hall–Kier alpha value is -1.44. The lowest BCUT2D eigenvalue weighted by Crippen LogP contribution is -2.69. The molecule has 7 heteroatoms. The van der Waals surface area contributed by atoms with Crippen LogP contribution in [0.25, 0.3) is 0 Å². The first-order valence-corrected chi connectivity index (χ1v) is 7.89. The topological polar surface area (TPSA) is 72.9 Å². The summed E-state index contributed by atoms with van der Waals surface area (Å²) in [6.07, 6.45) is 0. The number of fused-ring (bicyclic) bond motifs is 1. The Labute approximate surface area is 127 Å². The summed E-state index contributed by atoms with van der Waals surface area (Å²) >= 11 is 1.76. The van der Waals surface area contributed by atoms with E-state index in [1.54, 1.807) is 16.2 Å². The van der Waals surface area contributed by atoms with Crippen LogP contribution in [0.2, 0.25) is 0 Å². The highest BCUT2D eigenvalue weighted by Gasteiger charge is 2.43. The van der Waals surface area contributed by atoms with Crippen molar-refractivity contribution in [2.75, 3.05) is 26.2 Å². The number of aliphatic hydroxyl groups excluding tert-OH is 1. The molecule has 0 bridgehead atoms. The van der Waals surface area contributed by atoms with Crippen LogP contribution in [0.5, 0.6) is 0 Å². The van der Waals surface area contributed by atoms with Crippen LogP contribution in [0.15, 0.2) is 12.1 Å². The summed E-state index contributed by atoms with van der Waals surface area (Å²) in [4.78, 5) is 30.6. The van der Waals surface area contributed by atoms with Crippen LogP contribution in [0.3, 0.4) is 0 Å². The van der Waals surface area contributed by atoms with Crippen molar-refractivity contribution in [1.82, 2.24) is 15.1 Å². The third kappa shape index (κ3) is 2.81. The Bertz CT molecular complexity index is 559. The summed E-state index contributed by atoms with van der Waals surface area (Å²) in [5.74, 6) is -0.338. The van der Waals surface area contributed by atoms with Gasteiger partial charge in [0.1, 0.15) is 12.1 Å². The van der Waals surface area contributed by atoms with Gasteiger partial charge < -0.3 is 15.3 Å². The minimum absolute atomic E-state index is 0.166. The van der Waals surface area contributed by atoms with E-state index < -0.39 is 12.1 Å². The second-order valence-corrected chi connectivity index (χ2v) is 6.91. The highest BCUT2D eigenvalue weighted by Crippen LogP contribution is 2.21. The fourth-order valence-electron chi connectivity index (χ4n) is 2.92. The molecule has 21 heavy (non-hydrogen) atoms. The molecule has 2 aliphatic rings. The van der Waals surface area contributed by atoms with Crippen LogP contribution in [0.1, 0.15) is 9.75 Å². The molecule has 2 aliphatic heterocycles. The normalized spacial score (nSPS) is 26.7. The molecular weight excluding hydrogens is 290 g/mol. The Balaban J connectivity index is 1.67. The van der Waals surface area contributed by atoms with Gasteiger partial charge in [0.15, 0.2) is 0 Å². The molecule has 0 radical (unpaired) electrons.